The van der Waals surface area contributed by atoms with Gasteiger partial charge >= 0.3 is 0 Å². The molecule has 0 radical (unpaired) electrons. The van der Waals surface area contributed by atoms with Crippen molar-refractivity contribution < 1.29 is 14.6 Å². The average molecular weight is 426 g/mol. The van der Waals surface area contributed by atoms with Crippen molar-refractivity contribution >= 4 is 16.9 Å². The van der Waals surface area contributed by atoms with Crippen LogP contribution in [0.25, 0.3) is 39.4 Å². The average Bonchev–Trinajstić information content (AvgIpc) is 3.36. The molecular formula is C25H22N4O3. The molecule has 32 heavy (non-hydrogen) atoms. The lowest BCUT2D eigenvalue weighted by molar-refractivity contribution is 0.394. The molecule has 0 spiro atoms. The standard InChI is InChI=1S/C25H22N4O3/c1-31-17-12-16(13-18(14-17)32-2)29-22(15-8-4-3-5-9-15)23(30)21(24(29)26)25-27-19-10-6-7-11-20(19)28-25/h3-14,30H,26H2,1-2H3,(H,27,28). The number of nitrogen functional groups attached to an aromatic ring is 1. The largest absolute Gasteiger partial charge is 0.505 e. The van der Waals surface area contributed by atoms with E-state index in [0.717, 1.165) is 16.6 Å². The predicted molar refractivity (Wildman–Crippen MR) is 125 cm³/mol. The van der Waals surface area contributed by atoms with Gasteiger partial charge in [0.2, 0.25) is 0 Å². The Morgan fingerprint density at radius 2 is 1.56 bits per heavy atom. The van der Waals surface area contributed by atoms with E-state index in [1.165, 1.54) is 0 Å². The SMILES string of the molecule is COc1cc(OC)cc(-n2c(N)c(-c3nc4ccccc4[nH]3)c(O)c2-c2ccccc2)c1. The fourth-order valence-electron chi connectivity index (χ4n) is 3.93. The van der Waals surface area contributed by atoms with Gasteiger partial charge in [-0.05, 0) is 12.1 Å². The highest BCUT2D eigenvalue weighted by molar-refractivity contribution is 5.91. The molecule has 0 amide bonds. The Labute approximate surface area is 184 Å². The molecule has 0 aliphatic rings. The monoisotopic (exact) mass is 426 g/mol. The lowest BCUT2D eigenvalue weighted by Crippen LogP contribution is -2.03. The molecular weight excluding hydrogens is 404 g/mol. The second kappa shape index (κ2) is 7.70. The molecule has 3 aromatic carbocycles. The van der Waals surface area contributed by atoms with Gasteiger partial charge in [-0.2, -0.15) is 0 Å². The number of aromatic amines is 1. The van der Waals surface area contributed by atoms with Crippen molar-refractivity contribution in [2.75, 3.05) is 20.0 Å². The van der Waals surface area contributed by atoms with Gasteiger partial charge in [-0.25, -0.2) is 4.98 Å². The highest BCUT2D eigenvalue weighted by Gasteiger charge is 2.26. The first-order valence-electron chi connectivity index (χ1n) is 10.1. The number of methoxy groups -OCH3 is 2. The summed E-state index contributed by atoms with van der Waals surface area (Å²) in [6, 6.07) is 22.7. The summed E-state index contributed by atoms with van der Waals surface area (Å²) in [5, 5.41) is 11.4. The van der Waals surface area contributed by atoms with Gasteiger partial charge in [0.25, 0.3) is 0 Å². The first-order chi connectivity index (χ1) is 15.6. The molecule has 7 heteroatoms. The molecule has 0 aliphatic carbocycles. The van der Waals surface area contributed by atoms with Crippen molar-refractivity contribution in [3.8, 4) is 45.6 Å². The molecule has 0 aliphatic heterocycles. The van der Waals surface area contributed by atoms with Crippen molar-refractivity contribution in [1.29, 1.82) is 0 Å². The molecule has 2 aromatic heterocycles. The summed E-state index contributed by atoms with van der Waals surface area (Å²) in [7, 11) is 3.18. The number of imidazole rings is 1. The molecule has 0 saturated heterocycles. The van der Waals surface area contributed by atoms with Gasteiger partial charge in [-0.15, -0.1) is 0 Å². The number of nitrogens with one attached hydrogen (secondary N) is 1. The number of rotatable bonds is 5. The second-order valence-electron chi connectivity index (χ2n) is 7.33. The van der Waals surface area contributed by atoms with Crippen LogP contribution in [-0.4, -0.2) is 33.9 Å². The van der Waals surface area contributed by atoms with Gasteiger partial charge < -0.3 is 25.3 Å². The Hall–Kier alpha value is -4.39. The van der Waals surface area contributed by atoms with E-state index in [0.29, 0.717) is 40.1 Å². The van der Waals surface area contributed by atoms with Crippen LogP contribution in [0.3, 0.4) is 0 Å². The van der Waals surface area contributed by atoms with Crippen LogP contribution >= 0.6 is 0 Å². The fraction of sp³-hybridized carbons (Fsp3) is 0.0800. The van der Waals surface area contributed by atoms with Crippen LogP contribution in [0.15, 0.2) is 72.8 Å². The molecule has 160 valence electrons. The van der Waals surface area contributed by atoms with E-state index in [4.69, 9.17) is 15.2 Å². The van der Waals surface area contributed by atoms with Gasteiger partial charge in [-0.3, -0.25) is 4.57 Å². The predicted octanol–water partition coefficient (Wildman–Crippen LogP) is 4.99. The number of para-hydroxylation sites is 2. The van der Waals surface area contributed by atoms with Gasteiger partial charge in [0, 0.05) is 23.8 Å². The minimum absolute atomic E-state index is 0.0366. The van der Waals surface area contributed by atoms with Crippen LogP contribution in [0.2, 0.25) is 0 Å². The zero-order valence-corrected chi connectivity index (χ0v) is 17.7. The van der Waals surface area contributed by atoms with E-state index in [9.17, 15) is 5.11 Å². The lowest BCUT2D eigenvalue weighted by Gasteiger charge is -2.14. The smallest absolute Gasteiger partial charge is 0.154 e. The molecule has 2 heterocycles. The van der Waals surface area contributed by atoms with Gasteiger partial charge in [-0.1, -0.05) is 42.5 Å². The molecule has 0 bridgehead atoms. The third-order valence-electron chi connectivity index (χ3n) is 5.45. The molecule has 0 atom stereocenters. The quantitative estimate of drug-likeness (QED) is 0.368. The summed E-state index contributed by atoms with van der Waals surface area (Å²) in [6.07, 6.45) is 0. The van der Waals surface area contributed by atoms with Crippen molar-refractivity contribution in [3.63, 3.8) is 0 Å². The number of aromatic hydroxyl groups is 1. The van der Waals surface area contributed by atoms with Crippen LogP contribution in [0.1, 0.15) is 0 Å². The van der Waals surface area contributed by atoms with Gasteiger partial charge in [0.15, 0.2) is 5.75 Å². The lowest BCUT2D eigenvalue weighted by atomic mass is 10.1. The number of H-pyrrole nitrogens is 1. The number of ether oxygens (including phenoxy) is 2. The topological polar surface area (TPSA) is 98.3 Å². The maximum atomic E-state index is 11.4. The molecule has 0 fully saturated rings. The van der Waals surface area contributed by atoms with Crippen LogP contribution in [0.5, 0.6) is 17.2 Å². The second-order valence-corrected chi connectivity index (χ2v) is 7.33. The minimum atomic E-state index is 0.0366. The summed E-state index contributed by atoms with van der Waals surface area (Å²) in [5.74, 6) is 2.09. The third-order valence-corrected chi connectivity index (χ3v) is 5.45. The zero-order chi connectivity index (χ0) is 22.2. The molecule has 4 N–H and O–H groups in total. The maximum Gasteiger partial charge on any atom is 0.154 e. The summed E-state index contributed by atoms with van der Waals surface area (Å²) >= 11 is 0. The molecule has 5 rings (SSSR count). The van der Waals surface area contributed by atoms with E-state index < -0.39 is 0 Å². The van der Waals surface area contributed by atoms with Crippen molar-refractivity contribution in [3.05, 3.63) is 72.8 Å². The summed E-state index contributed by atoms with van der Waals surface area (Å²) in [4.78, 5) is 7.92. The van der Waals surface area contributed by atoms with Crippen LogP contribution in [0, 0.1) is 0 Å². The molecule has 5 aromatic rings. The van der Waals surface area contributed by atoms with E-state index >= 15 is 0 Å². The highest BCUT2D eigenvalue weighted by Crippen LogP contribution is 2.46. The van der Waals surface area contributed by atoms with Crippen molar-refractivity contribution in [2.24, 2.45) is 0 Å². The fourth-order valence-corrected chi connectivity index (χ4v) is 3.93. The number of aromatic nitrogens is 3. The van der Waals surface area contributed by atoms with Crippen LogP contribution in [0.4, 0.5) is 5.82 Å². The number of nitrogens with zero attached hydrogens (tertiary/aromatic N) is 2. The van der Waals surface area contributed by atoms with E-state index in [1.807, 2.05) is 66.7 Å². The Morgan fingerprint density at radius 1 is 0.906 bits per heavy atom. The van der Waals surface area contributed by atoms with Crippen LogP contribution < -0.4 is 15.2 Å². The van der Waals surface area contributed by atoms with E-state index in [-0.39, 0.29) is 5.75 Å². The third kappa shape index (κ3) is 3.11. The number of hydrogen-bond donors (Lipinski definition) is 3. The van der Waals surface area contributed by atoms with Crippen LogP contribution in [-0.2, 0) is 0 Å². The van der Waals surface area contributed by atoms with E-state index in [2.05, 4.69) is 9.97 Å². The summed E-state index contributed by atoms with van der Waals surface area (Å²) in [5.41, 5.74) is 10.8. The Bertz CT molecular complexity index is 1370. The number of fused-ring (bicyclic) bond motifs is 1. The van der Waals surface area contributed by atoms with E-state index in [1.54, 1.807) is 24.9 Å². The number of nitrogens with two attached hydrogens (primary N) is 1. The molecule has 7 nitrogen and oxygen atoms in total. The highest BCUT2D eigenvalue weighted by atomic mass is 16.5. The van der Waals surface area contributed by atoms with Gasteiger partial charge in [0.1, 0.15) is 28.7 Å². The number of hydrogen-bond acceptors (Lipinski definition) is 5. The zero-order valence-electron chi connectivity index (χ0n) is 17.7. The maximum absolute atomic E-state index is 11.4. The molecule has 0 saturated carbocycles. The first kappa shape index (κ1) is 19.6. The summed E-state index contributed by atoms with van der Waals surface area (Å²) in [6.45, 7) is 0. The van der Waals surface area contributed by atoms with Crippen molar-refractivity contribution in [1.82, 2.24) is 14.5 Å². The Morgan fingerprint density at radius 3 is 2.22 bits per heavy atom. The number of anilines is 1. The van der Waals surface area contributed by atoms with Gasteiger partial charge in [0.05, 0.1) is 36.6 Å². The Kier molecular flexibility index (Phi) is 4.71. The normalized spacial score (nSPS) is 11.1. The molecule has 0 unspecified atom stereocenters. The number of benzene rings is 3. The summed E-state index contributed by atoms with van der Waals surface area (Å²) < 4.78 is 12.7. The minimum Gasteiger partial charge on any atom is -0.505 e. The first-order valence-corrected chi connectivity index (χ1v) is 10.1. The van der Waals surface area contributed by atoms with Crippen molar-refractivity contribution in [2.45, 2.75) is 0 Å². The Balaban J connectivity index is 1.83.